The first-order valence-electron chi connectivity index (χ1n) is 6.03. The molecule has 0 spiro atoms. The van der Waals surface area contributed by atoms with Crippen molar-refractivity contribution in [3.05, 3.63) is 36.4 Å². The van der Waals surface area contributed by atoms with E-state index in [0.717, 1.165) is 5.56 Å². The zero-order valence-corrected chi connectivity index (χ0v) is 10.6. The molecule has 0 radical (unpaired) electrons. The third kappa shape index (κ3) is 3.51. The summed E-state index contributed by atoms with van der Waals surface area (Å²) in [7, 11) is 0. The Labute approximate surface area is 114 Å². The van der Waals surface area contributed by atoms with E-state index in [1.54, 1.807) is 23.1 Å². The SMILES string of the molecule is NCCn1cc(-c2ccc(OCC(F)F)c(F)c2)cn1. The van der Waals surface area contributed by atoms with Crippen molar-refractivity contribution < 1.29 is 17.9 Å². The molecule has 1 aromatic carbocycles. The summed E-state index contributed by atoms with van der Waals surface area (Å²) in [4.78, 5) is 0. The number of halogens is 3. The van der Waals surface area contributed by atoms with Gasteiger partial charge in [0, 0.05) is 18.3 Å². The van der Waals surface area contributed by atoms with Crippen molar-refractivity contribution in [2.24, 2.45) is 5.73 Å². The van der Waals surface area contributed by atoms with Crippen molar-refractivity contribution in [1.82, 2.24) is 9.78 Å². The fraction of sp³-hybridized carbons (Fsp3) is 0.308. The van der Waals surface area contributed by atoms with E-state index in [1.165, 1.54) is 12.1 Å². The van der Waals surface area contributed by atoms with E-state index in [4.69, 9.17) is 5.73 Å². The fourth-order valence-corrected chi connectivity index (χ4v) is 1.72. The maximum Gasteiger partial charge on any atom is 0.272 e. The van der Waals surface area contributed by atoms with Crippen LogP contribution in [-0.2, 0) is 6.54 Å². The van der Waals surface area contributed by atoms with Crippen molar-refractivity contribution in [1.29, 1.82) is 0 Å². The smallest absolute Gasteiger partial charge is 0.272 e. The Balaban J connectivity index is 2.14. The number of nitrogens with two attached hydrogens (primary N) is 1. The van der Waals surface area contributed by atoms with Crippen LogP contribution in [0.3, 0.4) is 0 Å². The minimum absolute atomic E-state index is 0.191. The van der Waals surface area contributed by atoms with Crippen molar-refractivity contribution in [2.75, 3.05) is 13.2 Å². The Hall–Kier alpha value is -2.02. The molecule has 1 heterocycles. The molecule has 1 aromatic heterocycles. The molecule has 0 saturated heterocycles. The van der Waals surface area contributed by atoms with Gasteiger partial charge in [-0.3, -0.25) is 4.68 Å². The molecule has 0 bridgehead atoms. The number of nitrogens with zero attached hydrogens (tertiary/aromatic N) is 2. The molecule has 0 fully saturated rings. The van der Waals surface area contributed by atoms with Gasteiger partial charge in [-0.2, -0.15) is 5.10 Å². The Bertz CT molecular complexity index is 572. The summed E-state index contributed by atoms with van der Waals surface area (Å²) in [5.41, 5.74) is 6.72. The number of hydrogen-bond donors (Lipinski definition) is 1. The molecule has 0 aliphatic heterocycles. The Kier molecular flexibility index (Phi) is 4.62. The van der Waals surface area contributed by atoms with Gasteiger partial charge in [0.25, 0.3) is 6.43 Å². The average Bonchev–Trinajstić information content (AvgIpc) is 2.86. The molecule has 0 aliphatic rings. The predicted octanol–water partition coefficient (Wildman–Crippen LogP) is 2.29. The van der Waals surface area contributed by atoms with E-state index in [-0.39, 0.29) is 5.75 Å². The van der Waals surface area contributed by atoms with Crippen LogP contribution >= 0.6 is 0 Å². The lowest BCUT2D eigenvalue weighted by molar-refractivity contribution is 0.0799. The highest BCUT2D eigenvalue weighted by molar-refractivity contribution is 5.62. The second kappa shape index (κ2) is 6.42. The third-order valence-corrected chi connectivity index (χ3v) is 2.62. The van der Waals surface area contributed by atoms with Crippen molar-refractivity contribution >= 4 is 0 Å². The standard InChI is InChI=1S/C13H14F3N3O/c14-11-5-9(1-2-12(11)20-8-13(15)16)10-6-18-19(7-10)4-3-17/h1-2,5-7,13H,3-4,8,17H2. The molecule has 0 aliphatic carbocycles. The maximum atomic E-state index is 13.7. The van der Waals surface area contributed by atoms with Gasteiger partial charge in [0.05, 0.1) is 12.7 Å². The first-order chi connectivity index (χ1) is 9.60. The molecule has 2 aromatic rings. The van der Waals surface area contributed by atoms with E-state index in [9.17, 15) is 13.2 Å². The highest BCUT2D eigenvalue weighted by atomic mass is 19.3. The molecule has 7 heteroatoms. The summed E-state index contributed by atoms with van der Waals surface area (Å²) in [6.45, 7) is 0.193. The number of benzene rings is 1. The molecule has 0 unspecified atom stereocenters. The Morgan fingerprint density at radius 2 is 2.10 bits per heavy atom. The van der Waals surface area contributed by atoms with Crippen molar-refractivity contribution in [2.45, 2.75) is 13.0 Å². The van der Waals surface area contributed by atoms with Crippen LogP contribution in [-0.4, -0.2) is 29.4 Å². The summed E-state index contributed by atoms with van der Waals surface area (Å²) in [5.74, 6) is -0.877. The molecule has 108 valence electrons. The zero-order chi connectivity index (χ0) is 14.5. The Morgan fingerprint density at radius 3 is 2.75 bits per heavy atom. The van der Waals surface area contributed by atoms with Gasteiger partial charge in [0.1, 0.15) is 6.61 Å². The molecular weight excluding hydrogens is 271 g/mol. The van der Waals surface area contributed by atoms with Crippen LogP contribution in [0.15, 0.2) is 30.6 Å². The van der Waals surface area contributed by atoms with E-state index in [0.29, 0.717) is 18.7 Å². The van der Waals surface area contributed by atoms with Crippen LogP contribution < -0.4 is 10.5 Å². The van der Waals surface area contributed by atoms with Crippen LogP contribution in [0.25, 0.3) is 11.1 Å². The minimum Gasteiger partial charge on any atom is -0.485 e. The molecule has 0 saturated carbocycles. The fourth-order valence-electron chi connectivity index (χ4n) is 1.72. The monoisotopic (exact) mass is 285 g/mol. The van der Waals surface area contributed by atoms with E-state index >= 15 is 0 Å². The summed E-state index contributed by atoms with van der Waals surface area (Å²) < 4.78 is 44.0. The van der Waals surface area contributed by atoms with Gasteiger partial charge in [0.15, 0.2) is 11.6 Å². The summed E-state index contributed by atoms with van der Waals surface area (Å²) in [5, 5.41) is 4.08. The second-order valence-electron chi connectivity index (χ2n) is 4.13. The third-order valence-electron chi connectivity index (χ3n) is 2.62. The lowest BCUT2D eigenvalue weighted by Gasteiger charge is -2.07. The van der Waals surface area contributed by atoms with Gasteiger partial charge in [-0.15, -0.1) is 0 Å². The Morgan fingerprint density at radius 1 is 1.30 bits per heavy atom. The largest absolute Gasteiger partial charge is 0.485 e. The van der Waals surface area contributed by atoms with Crippen molar-refractivity contribution in [3.63, 3.8) is 0 Å². The molecule has 2 N–H and O–H groups in total. The predicted molar refractivity (Wildman–Crippen MR) is 68.2 cm³/mol. The lowest BCUT2D eigenvalue weighted by Crippen LogP contribution is -2.09. The van der Waals surface area contributed by atoms with E-state index in [2.05, 4.69) is 9.84 Å². The molecular formula is C13H14F3N3O. The molecule has 20 heavy (non-hydrogen) atoms. The van der Waals surface area contributed by atoms with Gasteiger partial charge in [-0.25, -0.2) is 13.2 Å². The van der Waals surface area contributed by atoms with Crippen LogP contribution in [0.1, 0.15) is 0 Å². The van der Waals surface area contributed by atoms with Gasteiger partial charge in [-0.1, -0.05) is 6.07 Å². The molecule has 0 atom stereocenters. The zero-order valence-electron chi connectivity index (χ0n) is 10.6. The van der Waals surface area contributed by atoms with Gasteiger partial charge < -0.3 is 10.5 Å². The number of ether oxygens (including phenoxy) is 1. The number of alkyl halides is 2. The van der Waals surface area contributed by atoms with Crippen LogP contribution in [0.5, 0.6) is 5.75 Å². The summed E-state index contributed by atoms with van der Waals surface area (Å²) >= 11 is 0. The van der Waals surface area contributed by atoms with Gasteiger partial charge >= 0.3 is 0 Å². The van der Waals surface area contributed by atoms with Crippen LogP contribution in [0, 0.1) is 5.82 Å². The molecule has 2 rings (SSSR count). The number of hydrogen-bond acceptors (Lipinski definition) is 3. The molecule has 0 amide bonds. The van der Waals surface area contributed by atoms with Crippen LogP contribution in [0.4, 0.5) is 13.2 Å². The normalized spacial score (nSPS) is 11.1. The average molecular weight is 285 g/mol. The summed E-state index contributed by atoms with van der Waals surface area (Å²) in [6.07, 6.45) is 0.689. The number of rotatable bonds is 6. The quantitative estimate of drug-likeness (QED) is 0.886. The van der Waals surface area contributed by atoms with E-state index < -0.39 is 18.8 Å². The molecule has 4 nitrogen and oxygen atoms in total. The van der Waals surface area contributed by atoms with Gasteiger partial charge in [0.2, 0.25) is 0 Å². The van der Waals surface area contributed by atoms with Crippen LogP contribution in [0.2, 0.25) is 0 Å². The lowest BCUT2D eigenvalue weighted by atomic mass is 10.1. The number of aromatic nitrogens is 2. The highest BCUT2D eigenvalue weighted by Crippen LogP contribution is 2.25. The topological polar surface area (TPSA) is 53.1 Å². The summed E-state index contributed by atoms with van der Waals surface area (Å²) in [6, 6.07) is 4.14. The van der Waals surface area contributed by atoms with Crippen molar-refractivity contribution in [3.8, 4) is 16.9 Å². The minimum atomic E-state index is -2.64. The van der Waals surface area contributed by atoms with E-state index in [1.807, 2.05) is 0 Å². The second-order valence-corrected chi connectivity index (χ2v) is 4.13. The first kappa shape index (κ1) is 14.4. The maximum absolute atomic E-state index is 13.7. The first-order valence-corrected chi connectivity index (χ1v) is 6.03. The van der Waals surface area contributed by atoms with Gasteiger partial charge in [-0.05, 0) is 17.7 Å². The highest BCUT2D eigenvalue weighted by Gasteiger charge is 2.10.